The van der Waals surface area contributed by atoms with E-state index in [2.05, 4.69) is 15.2 Å². The van der Waals surface area contributed by atoms with Crippen LogP contribution in [0.1, 0.15) is 18.5 Å². The Morgan fingerprint density at radius 3 is 3.20 bits per heavy atom. The van der Waals surface area contributed by atoms with E-state index in [1.54, 1.807) is 16.7 Å². The number of rotatable bonds is 4. The van der Waals surface area contributed by atoms with Crippen LogP contribution in [0.3, 0.4) is 0 Å². The highest BCUT2D eigenvalue weighted by molar-refractivity contribution is 7.15. The molecule has 0 amide bonds. The molecular formula is C13H19ClN4OS. The minimum absolute atomic E-state index is 0. The molecule has 0 aromatic carbocycles. The molecule has 0 aliphatic carbocycles. The Morgan fingerprint density at radius 2 is 2.40 bits per heavy atom. The van der Waals surface area contributed by atoms with E-state index in [4.69, 9.17) is 0 Å². The Kier molecular flexibility index (Phi) is 5.15. The third-order valence-electron chi connectivity index (χ3n) is 3.66. The first-order valence-corrected chi connectivity index (χ1v) is 7.50. The summed E-state index contributed by atoms with van der Waals surface area (Å²) in [6, 6.07) is 2.22. The highest BCUT2D eigenvalue weighted by atomic mass is 35.5. The Hall–Kier alpha value is -0.950. The van der Waals surface area contributed by atoms with Crippen LogP contribution in [0.25, 0.3) is 4.96 Å². The fourth-order valence-corrected chi connectivity index (χ4v) is 3.49. The van der Waals surface area contributed by atoms with Crippen LogP contribution in [0.4, 0.5) is 0 Å². The van der Waals surface area contributed by atoms with E-state index in [0.29, 0.717) is 6.04 Å². The molecule has 1 N–H and O–H groups in total. The van der Waals surface area contributed by atoms with Gasteiger partial charge in [-0.3, -0.25) is 14.1 Å². The van der Waals surface area contributed by atoms with E-state index in [1.165, 1.54) is 24.2 Å². The first-order valence-electron chi connectivity index (χ1n) is 6.62. The van der Waals surface area contributed by atoms with Crippen LogP contribution in [0, 0.1) is 0 Å². The molecular weight excluding hydrogens is 296 g/mol. The lowest BCUT2D eigenvalue weighted by atomic mass is 10.2. The maximum atomic E-state index is 11.9. The molecule has 0 saturated carbocycles. The van der Waals surface area contributed by atoms with Gasteiger partial charge in [-0.1, -0.05) is 0 Å². The third-order valence-corrected chi connectivity index (χ3v) is 4.42. The van der Waals surface area contributed by atoms with Crippen LogP contribution >= 0.6 is 23.7 Å². The van der Waals surface area contributed by atoms with Gasteiger partial charge in [0, 0.05) is 36.8 Å². The van der Waals surface area contributed by atoms with E-state index >= 15 is 0 Å². The van der Waals surface area contributed by atoms with Crippen molar-refractivity contribution < 1.29 is 0 Å². The van der Waals surface area contributed by atoms with Crippen molar-refractivity contribution in [2.75, 3.05) is 20.1 Å². The zero-order chi connectivity index (χ0) is 13.2. The van der Waals surface area contributed by atoms with Crippen molar-refractivity contribution in [2.24, 2.45) is 0 Å². The second kappa shape index (κ2) is 6.67. The summed E-state index contributed by atoms with van der Waals surface area (Å²) >= 11 is 1.51. The number of nitrogens with zero attached hydrogens (tertiary/aromatic N) is 3. The van der Waals surface area contributed by atoms with Crippen LogP contribution in [-0.4, -0.2) is 40.5 Å². The number of hydrogen-bond acceptors (Lipinski definition) is 5. The van der Waals surface area contributed by atoms with Gasteiger partial charge in [-0.05, 0) is 26.4 Å². The first-order chi connectivity index (χ1) is 9.28. The maximum Gasteiger partial charge on any atom is 0.258 e. The molecule has 1 atom stereocenters. The standard InChI is InChI=1S/C13H18N4OS.ClH/c1-14-8-11-3-2-4-16(11)9-10-7-12(18)17-5-6-19-13(17)15-10;/h5-7,11,14H,2-4,8-9H2,1H3;1H. The fourth-order valence-electron chi connectivity index (χ4n) is 2.75. The number of likely N-dealkylation sites (N-methyl/N-ethyl adjacent to an activating group) is 1. The number of hydrogen-bond donors (Lipinski definition) is 1. The van der Waals surface area contributed by atoms with Crippen molar-refractivity contribution in [2.45, 2.75) is 25.4 Å². The van der Waals surface area contributed by atoms with Gasteiger partial charge < -0.3 is 5.32 Å². The number of halogens is 1. The molecule has 0 spiro atoms. The SMILES string of the molecule is CNCC1CCCN1Cc1cc(=O)n2ccsc2n1.Cl. The van der Waals surface area contributed by atoms with Crippen molar-refractivity contribution >= 4 is 28.7 Å². The van der Waals surface area contributed by atoms with E-state index in [-0.39, 0.29) is 18.0 Å². The number of fused-ring (bicyclic) bond motifs is 1. The minimum atomic E-state index is 0. The van der Waals surface area contributed by atoms with E-state index < -0.39 is 0 Å². The van der Waals surface area contributed by atoms with E-state index in [9.17, 15) is 4.79 Å². The molecule has 1 aliphatic heterocycles. The molecule has 2 aromatic heterocycles. The van der Waals surface area contributed by atoms with Crippen molar-refractivity contribution in [1.29, 1.82) is 0 Å². The molecule has 20 heavy (non-hydrogen) atoms. The first kappa shape index (κ1) is 15.4. The lowest BCUT2D eigenvalue weighted by Crippen LogP contribution is -2.36. The second-order valence-electron chi connectivity index (χ2n) is 4.97. The molecule has 1 fully saturated rings. The smallest absolute Gasteiger partial charge is 0.258 e. The van der Waals surface area contributed by atoms with E-state index in [0.717, 1.165) is 30.3 Å². The Balaban J connectivity index is 0.00000147. The Morgan fingerprint density at radius 1 is 1.55 bits per heavy atom. The molecule has 7 heteroatoms. The fraction of sp³-hybridized carbons (Fsp3) is 0.538. The average molecular weight is 315 g/mol. The zero-order valence-electron chi connectivity index (χ0n) is 11.4. The van der Waals surface area contributed by atoms with Crippen LogP contribution < -0.4 is 10.9 Å². The zero-order valence-corrected chi connectivity index (χ0v) is 13.0. The molecule has 2 aromatic rings. The second-order valence-corrected chi connectivity index (χ2v) is 5.84. The Bertz CT molecular complexity index is 626. The predicted molar refractivity (Wildman–Crippen MR) is 83.9 cm³/mol. The van der Waals surface area contributed by atoms with Gasteiger partial charge >= 0.3 is 0 Å². The molecule has 3 heterocycles. The highest BCUT2D eigenvalue weighted by Crippen LogP contribution is 2.19. The summed E-state index contributed by atoms with van der Waals surface area (Å²) in [6.45, 7) is 2.87. The highest BCUT2D eigenvalue weighted by Gasteiger charge is 2.24. The van der Waals surface area contributed by atoms with Crippen LogP contribution in [0.2, 0.25) is 0 Å². The lowest BCUT2D eigenvalue weighted by molar-refractivity contribution is 0.239. The van der Waals surface area contributed by atoms with Gasteiger partial charge in [-0.25, -0.2) is 4.98 Å². The number of nitrogens with one attached hydrogen (secondary N) is 1. The van der Waals surface area contributed by atoms with Crippen molar-refractivity contribution in [3.63, 3.8) is 0 Å². The largest absolute Gasteiger partial charge is 0.318 e. The van der Waals surface area contributed by atoms with Gasteiger partial charge in [-0.15, -0.1) is 23.7 Å². The van der Waals surface area contributed by atoms with Gasteiger partial charge in [0.05, 0.1) is 5.69 Å². The van der Waals surface area contributed by atoms with Crippen LogP contribution in [0.5, 0.6) is 0 Å². The summed E-state index contributed by atoms with van der Waals surface area (Å²) in [5.41, 5.74) is 0.904. The Labute approximate surface area is 128 Å². The molecule has 110 valence electrons. The number of likely N-dealkylation sites (tertiary alicyclic amines) is 1. The van der Waals surface area contributed by atoms with Crippen molar-refractivity contribution in [3.8, 4) is 0 Å². The normalized spacial score (nSPS) is 19.4. The summed E-state index contributed by atoms with van der Waals surface area (Å²) in [4.78, 5) is 19.7. The number of aromatic nitrogens is 2. The molecule has 0 radical (unpaired) electrons. The van der Waals surface area contributed by atoms with Crippen molar-refractivity contribution in [3.05, 3.63) is 33.7 Å². The van der Waals surface area contributed by atoms with Crippen LogP contribution in [-0.2, 0) is 6.54 Å². The average Bonchev–Trinajstić information content (AvgIpc) is 3.00. The minimum Gasteiger partial charge on any atom is -0.318 e. The molecule has 1 unspecified atom stereocenters. The molecule has 5 nitrogen and oxygen atoms in total. The topological polar surface area (TPSA) is 49.6 Å². The number of thiazole rings is 1. The van der Waals surface area contributed by atoms with E-state index in [1.807, 2.05) is 12.4 Å². The van der Waals surface area contributed by atoms with Gasteiger partial charge in [0.25, 0.3) is 5.56 Å². The summed E-state index contributed by atoms with van der Waals surface area (Å²) in [7, 11) is 1.98. The summed E-state index contributed by atoms with van der Waals surface area (Å²) in [5, 5.41) is 5.13. The lowest BCUT2D eigenvalue weighted by Gasteiger charge is -2.23. The van der Waals surface area contributed by atoms with Crippen molar-refractivity contribution in [1.82, 2.24) is 19.6 Å². The molecule has 1 saturated heterocycles. The summed E-state index contributed by atoms with van der Waals surface area (Å²) < 4.78 is 1.60. The quantitative estimate of drug-likeness (QED) is 0.926. The van der Waals surface area contributed by atoms with Gasteiger partial charge in [0.2, 0.25) is 0 Å². The predicted octanol–water partition coefficient (Wildman–Crippen LogP) is 1.36. The monoisotopic (exact) mass is 314 g/mol. The van der Waals surface area contributed by atoms with Crippen LogP contribution in [0.15, 0.2) is 22.4 Å². The van der Waals surface area contributed by atoms with Gasteiger partial charge in [0.1, 0.15) is 0 Å². The maximum absolute atomic E-state index is 11.9. The van der Waals surface area contributed by atoms with Gasteiger partial charge in [-0.2, -0.15) is 0 Å². The molecule has 0 bridgehead atoms. The third kappa shape index (κ3) is 3.03. The summed E-state index contributed by atoms with van der Waals surface area (Å²) in [5.74, 6) is 0. The molecule has 3 rings (SSSR count). The van der Waals surface area contributed by atoms with Gasteiger partial charge in [0.15, 0.2) is 4.96 Å². The molecule has 1 aliphatic rings. The summed E-state index contributed by atoms with van der Waals surface area (Å²) in [6.07, 6.45) is 4.23.